The molecule has 33 heavy (non-hydrogen) atoms. The lowest BCUT2D eigenvalue weighted by molar-refractivity contribution is 0.274. The summed E-state index contributed by atoms with van der Waals surface area (Å²) in [7, 11) is 0. The predicted octanol–water partition coefficient (Wildman–Crippen LogP) is 7.38. The zero-order valence-corrected chi connectivity index (χ0v) is 21.1. The summed E-state index contributed by atoms with van der Waals surface area (Å²) in [6, 6.07) is 20.1. The molecule has 4 heteroatoms. The van der Waals surface area contributed by atoms with Crippen LogP contribution < -0.4 is 5.32 Å². The quantitative estimate of drug-likeness (QED) is 0.307. The normalized spacial score (nSPS) is 14.6. The molecule has 0 aliphatic heterocycles. The minimum Gasteiger partial charge on any atom is -0.345 e. The van der Waals surface area contributed by atoms with Crippen LogP contribution in [0.25, 0.3) is 0 Å². The number of thiocarbonyl (C=S) groups is 1. The number of nitrogens with zero attached hydrogens (tertiary/aromatic N) is 2. The van der Waals surface area contributed by atoms with Gasteiger partial charge in [-0.25, -0.2) is 0 Å². The van der Waals surface area contributed by atoms with Crippen LogP contribution in [-0.4, -0.2) is 20.6 Å². The summed E-state index contributed by atoms with van der Waals surface area (Å²) in [6.45, 7) is 8.22. The number of hydrogen-bond acceptors (Lipinski definition) is 1. The van der Waals surface area contributed by atoms with Crippen molar-refractivity contribution in [3.8, 4) is 0 Å². The van der Waals surface area contributed by atoms with Crippen molar-refractivity contribution < 1.29 is 0 Å². The summed E-state index contributed by atoms with van der Waals surface area (Å²) in [5.74, 6) is 0. The second kappa shape index (κ2) is 11.0. The van der Waals surface area contributed by atoms with E-state index in [-0.39, 0.29) is 0 Å². The van der Waals surface area contributed by atoms with E-state index in [4.69, 9.17) is 12.2 Å². The number of hydrogen-bond donors (Lipinski definition) is 1. The van der Waals surface area contributed by atoms with Crippen molar-refractivity contribution in [3.05, 3.63) is 88.7 Å². The lowest BCUT2D eigenvalue weighted by Gasteiger charge is -2.34. The topological polar surface area (TPSA) is 20.2 Å². The van der Waals surface area contributed by atoms with Crippen LogP contribution in [0.5, 0.6) is 0 Å². The molecule has 2 aromatic carbocycles. The number of nitrogens with one attached hydrogen (secondary N) is 1. The van der Waals surface area contributed by atoms with E-state index in [0.29, 0.717) is 6.04 Å². The molecule has 3 nitrogen and oxygen atoms in total. The van der Waals surface area contributed by atoms with Gasteiger partial charge in [-0.15, -0.1) is 0 Å². The van der Waals surface area contributed by atoms with Gasteiger partial charge in [-0.05, 0) is 86.8 Å². The van der Waals surface area contributed by atoms with Gasteiger partial charge in [0.15, 0.2) is 5.11 Å². The van der Waals surface area contributed by atoms with Gasteiger partial charge in [0.05, 0.1) is 6.54 Å². The minimum atomic E-state index is 0.488. The molecule has 0 radical (unpaired) electrons. The van der Waals surface area contributed by atoms with Crippen LogP contribution >= 0.6 is 12.2 Å². The lowest BCUT2D eigenvalue weighted by atomic mass is 10.1. The summed E-state index contributed by atoms with van der Waals surface area (Å²) in [4.78, 5) is 2.46. The number of aryl methyl sites for hydroxylation is 3. The number of benzene rings is 2. The van der Waals surface area contributed by atoms with E-state index in [9.17, 15) is 0 Å². The van der Waals surface area contributed by atoms with Crippen molar-refractivity contribution in [1.29, 1.82) is 0 Å². The Balaban J connectivity index is 1.56. The zero-order chi connectivity index (χ0) is 23.2. The first-order chi connectivity index (χ1) is 16.0. The van der Waals surface area contributed by atoms with Crippen LogP contribution in [-0.2, 0) is 13.1 Å². The van der Waals surface area contributed by atoms with Crippen LogP contribution in [0.2, 0.25) is 0 Å². The summed E-state index contributed by atoms with van der Waals surface area (Å²) in [5, 5.41) is 4.39. The lowest BCUT2D eigenvalue weighted by Crippen LogP contribution is -2.42. The van der Waals surface area contributed by atoms with E-state index >= 15 is 0 Å². The van der Waals surface area contributed by atoms with Gasteiger partial charge in [0.1, 0.15) is 0 Å². The molecule has 0 spiro atoms. The highest BCUT2D eigenvalue weighted by Gasteiger charge is 2.24. The SMILES string of the molecule is Cc1cccc(NC(=S)N(Cc2cccn2Cc2ccc(C)cc2C)C2CCCCCC2)c1. The predicted molar refractivity (Wildman–Crippen MR) is 144 cm³/mol. The van der Waals surface area contributed by atoms with Gasteiger partial charge < -0.3 is 14.8 Å². The third-order valence-corrected chi connectivity index (χ3v) is 7.23. The molecule has 0 amide bonds. The molecule has 0 unspecified atom stereocenters. The molecule has 1 saturated carbocycles. The minimum absolute atomic E-state index is 0.488. The van der Waals surface area contributed by atoms with Crippen LogP contribution in [0.1, 0.15) is 66.5 Å². The highest BCUT2D eigenvalue weighted by molar-refractivity contribution is 7.80. The molecule has 1 aliphatic rings. The molecule has 0 atom stereocenters. The molecular formula is C29H37N3S. The molecule has 1 heterocycles. The highest BCUT2D eigenvalue weighted by Crippen LogP contribution is 2.25. The van der Waals surface area contributed by atoms with E-state index in [1.807, 2.05) is 0 Å². The number of aromatic nitrogens is 1. The zero-order valence-electron chi connectivity index (χ0n) is 20.3. The Bertz CT molecular complexity index is 1080. The van der Waals surface area contributed by atoms with Crippen molar-refractivity contribution in [2.75, 3.05) is 5.32 Å². The van der Waals surface area contributed by atoms with E-state index in [0.717, 1.165) is 23.9 Å². The number of rotatable bonds is 6. The standard InChI is InChI=1S/C29H37N3S/c1-22-10-8-11-26(19-22)30-29(33)32(27-12-6-4-5-7-13-27)21-28-14-9-17-31(28)20-25-16-15-23(2)18-24(25)3/h8-11,14-19,27H,4-7,12-13,20-21H2,1-3H3,(H,30,33). The van der Waals surface area contributed by atoms with E-state index in [1.54, 1.807) is 0 Å². The highest BCUT2D eigenvalue weighted by atomic mass is 32.1. The Labute approximate surface area is 204 Å². The molecule has 1 N–H and O–H groups in total. The molecule has 0 bridgehead atoms. The Hall–Kier alpha value is -2.59. The third kappa shape index (κ3) is 6.26. The molecule has 0 saturated heterocycles. The average Bonchev–Trinajstić information content (AvgIpc) is 3.03. The fourth-order valence-electron chi connectivity index (χ4n) is 4.98. The van der Waals surface area contributed by atoms with Gasteiger partial charge in [0.2, 0.25) is 0 Å². The van der Waals surface area contributed by atoms with Crippen molar-refractivity contribution >= 4 is 23.0 Å². The summed E-state index contributed by atoms with van der Waals surface area (Å²) < 4.78 is 2.39. The van der Waals surface area contributed by atoms with E-state index < -0.39 is 0 Å². The third-order valence-electron chi connectivity index (χ3n) is 6.89. The van der Waals surface area contributed by atoms with Gasteiger partial charge >= 0.3 is 0 Å². The van der Waals surface area contributed by atoms with Crippen LogP contribution in [0.15, 0.2) is 60.8 Å². The molecule has 3 aromatic rings. The first-order valence-electron chi connectivity index (χ1n) is 12.3. The second-order valence-electron chi connectivity index (χ2n) is 9.63. The smallest absolute Gasteiger partial charge is 0.174 e. The average molecular weight is 460 g/mol. The Morgan fingerprint density at radius 3 is 2.42 bits per heavy atom. The van der Waals surface area contributed by atoms with Crippen LogP contribution in [0.4, 0.5) is 5.69 Å². The Morgan fingerprint density at radius 2 is 1.70 bits per heavy atom. The Kier molecular flexibility index (Phi) is 7.87. The van der Waals surface area contributed by atoms with Crippen molar-refractivity contribution in [1.82, 2.24) is 9.47 Å². The van der Waals surface area contributed by atoms with Gasteiger partial charge in [-0.2, -0.15) is 0 Å². The van der Waals surface area contributed by atoms with E-state index in [1.165, 1.54) is 66.5 Å². The molecular weight excluding hydrogens is 422 g/mol. The summed E-state index contributed by atoms with van der Waals surface area (Å²) >= 11 is 6.01. The first kappa shape index (κ1) is 23.6. The van der Waals surface area contributed by atoms with Gasteiger partial charge in [0, 0.05) is 30.2 Å². The molecule has 1 fully saturated rings. The van der Waals surface area contributed by atoms with Crippen molar-refractivity contribution in [3.63, 3.8) is 0 Å². The summed E-state index contributed by atoms with van der Waals surface area (Å²) in [5.41, 5.74) is 7.67. The largest absolute Gasteiger partial charge is 0.345 e. The van der Waals surface area contributed by atoms with E-state index in [2.05, 4.69) is 96.3 Å². The van der Waals surface area contributed by atoms with Crippen molar-refractivity contribution in [2.24, 2.45) is 0 Å². The van der Waals surface area contributed by atoms with Gasteiger partial charge in [-0.1, -0.05) is 61.6 Å². The Morgan fingerprint density at radius 1 is 0.939 bits per heavy atom. The van der Waals surface area contributed by atoms with Crippen LogP contribution in [0, 0.1) is 20.8 Å². The molecule has 1 aliphatic carbocycles. The fraction of sp³-hybridized carbons (Fsp3) is 0.414. The maximum atomic E-state index is 6.01. The fourth-order valence-corrected chi connectivity index (χ4v) is 5.31. The monoisotopic (exact) mass is 459 g/mol. The summed E-state index contributed by atoms with van der Waals surface area (Å²) in [6.07, 6.45) is 9.89. The second-order valence-corrected chi connectivity index (χ2v) is 10.0. The number of anilines is 1. The first-order valence-corrected chi connectivity index (χ1v) is 12.7. The maximum Gasteiger partial charge on any atom is 0.174 e. The van der Waals surface area contributed by atoms with Crippen LogP contribution in [0.3, 0.4) is 0 Å². The van der Waals surface area contributed by atoms with Gasteiger partial charge in [-0.3, -0.25) is 0 Å². The molecule has 1 aromatic heterocycles. The molecule has 4 rings (SSSR count). The van der Waals surface area contributed by atoms with Gasteiger partial charge in [0.25, 0.3) is 0 Å². The van der Waals surface area contributed by atoms with Crippen molar-refractivity contribution in [2.45, 2.75) is 78.4 Å². The molecule has 174 valence electrons. The maximum absolute atomic E-state index is 6.01.